The van der Waals surface area contributed by atoms with Crippen LogP contribution in [0.5, 0.6) is 0 Å². The highest BCUT2D eigenvalue weighted by atomic mass is 19.2. The van der Waals surface area contributed by atoms with Crippen LogP contribution in [0.1, 0.15) is 44.1 Å². The number of allylic oxidation sites excluding steroid dienone is 1. The SMILES string of the molecule is Cc1ncc(/C=C2\C(=O)Cc3cc(/C=C/CNc4ncccc4C(=O)NCc4ccc(F)c(F)c4)ccc32)[nH]1. The number of rotatable bonds is 8. The minimum atomic E-state index is -0.964. The molecule has 0 unspecified atom stereocenters. The van der Waals surface area contributed by atoms with Gasteiger partial charge in [-0.15, -0.1) is 0 Å². The van der Waals surface area contributed by atoms with Crippen LogP contribution in [0, 0.1) is 18.6 Å². The van der Waals surface area contributed by atoms with Crippen LogP contribution in [0.25, 0.3) is 17.7 Å². The molecule has 3 N–H and O–H groups in total. The molecule has 2 aromatic carbocycles. The Morgan fingerprint density at radius 2 is 1.97 bits per heavy atom. The lowest BCUT2D eigenvalue weighted by atomic mass is 10.0. The van der Waals surface area contributed by atoms with E-state index in [-0.39, 0.29) is 12.3 Å². The Morgan fingerprint density at radius 1 is 1.10 bits per heavy atom. The summed E-state index contributed by atoms with van der Waals surface area (Å²) in [5.41, 5.74) is 5.10. The molecule has 1 amide bonds. The number of halogens is 2. The zero-order valence-electron chi connectivity index (χ0n) is 21.1. The molecule has 0 saturated heterocycles. The Hall–Kier alpha value is -4.92. The maximum Gasteiger partial charge on any atom is 0.255 e. The maximum absolute atomic E-state index is 13.4. The molecule has 0 atom stereocenters. The van der Waals surface area contributed by atoms with Crippen molar-refractivity contribution < 1.29 is 18.4 Å². The Kier molecular flexibility index (Phi) is 7.40. The van der Waals surface area contributed by atoms with Crippen LogP contribution in [0.2, 0.25) is 0 Å². The second-order valence-electron chi connectivity index (χ2n) is 9.11. The summed E-state index contributed by atoms with van der Waals surface area (Å²) >= 11 is 0. The van der Waals surface area contributed by atoms with Gasteiger partial charge in [0, 0.05) is 31.3 Å². The molecule has 1 aliphatic rings. The lowest BCUT2D eigenvalue weighted by Crippen LogP contribution is -2.24. The number of Topliss-reactive ketones (excluding diaryl/α,β-unsaturated/α-hetero) is 1. The van der Waals surface area contributed by atoms with E-state index in [2.05, 4.69) is 25.6 Å². The topological polar surface area (TPSA) is 99.8 Å². The first-order chi connectivity index (χ1) is 18.9. The number of imidazole rings is 1. The van der Waals surface area contributed by atoms with Gasteiger partial charge < -0.3 is 15.6 Å². The number of H-pyrrole nitrogens is 1. The van der Waals surface area contributed by atoms with Crippen molar-refractivity contribution in [1.29, 1.82) is 0 Å². The summed E-state index contributed by atoms with van der Waals surface area (Å²) in [6.07, 6.45) is 9.31. The lowest BCUT2D eigenvalue weighted by Gasteiger charge is -2.10. The van der Waals surface area contributed by atoms with Crippen molar-refractivity contribution >= 4 is 35.2 Å². The van der Waals surface area contributed by atoms with E-state index in [0.29, 0.717) is 35.5 Å². The molecule has 9 heteroatoms. The molecular formula is C30H25F2N5O2. The predicted molar refractivity (Wildman–Crippen MR) is 146 cm³/mol. The minimum absolute atomic E-state index is 0.0452. The maximum atomic E-state index is 13.4. The fourth-order valence-electron chi connectivity index (χ4n) is 4.38. The largest absolute Gasteiger partial charge is 0.366 e. The third-order valence-corrected chi connectivity index (χ3v) is 6.28. The van der Waals surface area contributed by atoms with Crippen LogP contribution in [0.3, 0.4) is 0 Å². The van der Waals surface area contributed by atoms with E-state index in [9.17, 15) is 18.4 Å². The number of ketones is 1. The third kappa shape index (κ3) is 5.98. The highest BCUT2D eigenvalue weighted by molar-refractivity contribution is 6.29. The lowest BCUT2D eigenvalue weighted by molar-refractivity contribution is -0.112. The highest BCUT2D eigenvalue weighted by Crippen LogP contribution is 2.32. The van der Waals surface area contributed by atoms with Gasteiger partial charge in [0.1, 0.15) is 11.6 Å². The minimum Gasteiger partial charge on any atom is -0.366 e. The number of aromatic amines is 1. The normalized spacial score (nSPS) is 13.7. The first-order valence-corrected chi connectivity index (χ1v) is 12.3. The van der Waals surface area contributed by atoms with E-state index >= 15 is 0 Å². The second-order valence-corrected chi connectivity index (χ2v) is 9.11. The molecule has 0 fully saturated rings. The number of pyridine rings is 1. The predicted octanol–water partition coefficient (Wildman–Crippen LogP) is 5.11. The fourth-order valence-corrected chi connectivity index (χ4v) is 4.38. The van der Waals surface area contributed by atoms with Gasteiger partial charge in [-0.25, -0.2) is 18.7 Å². The number of aromatic nitrogens is 3. The van der Waals surface area contributed by atoms with E-state index < -0.39 is 17.5 Å². The van der Waals surface area contributed by atoms with E-state index in [1.807, 2.05) is 43.4 Å². The van der Waals surface area contributed by atoms with Crippen molar-refractivity contribution in [3.05, 3.63) is 118 Å². The van der Waals surface area contributed by atoms with Crippen LogP contribution in [-0.4, -0.2) is 33.2 Å². The van der Waals surface area contributed by atoms with E-state index in [0.717, 1.165) is 40.3 Å². The molecule has 0 saturated carbocycles. The number of aryl methyl sites for hydroxylation is 1. The smallest absolute Gasteiger partial charge is 0.255 e. The molecule has 2 heterocycles. The monoisotopic (exact) mass is 525 g/mol. The summed E-state index contributed by atoms with van der Waals surface area (Å²) in [6, 6.07) is 12.7. The van der Waals surface area contributed by atoms with E-state index in [1.165, 1.54) is 6.07 Å². The third-order valence-electron chi connectivity index (χ3n) is 6.28. The first kappa shape index (κ1) is 25.7. The van der Waals surface area contributed by atoms with E-state index in [4.69, 9.17) is 0 Å². The zero-order valence-corrected chi connectivity index (χ0v) is 21.1. The van der Waals surface area contributed by atoms with Crippen LogP contribution in [-0.2, 0) is 17.8 Å². The molecule has 5 rings (SSSR count). The van der Waals surface area contributed by atoms with Gasteiger partial charge in [-0.05, 0) is 59.5 Å². The number of benzene rings is 2. The van der Waals surface area contributed by atoms with Crippen LogP contribution < -0.4 is 10.6 Å². The van der Waals surface area contributed by atoms with Crippen molar-refractivity contribution in [2.45, 2.75) is 19.9 Å². The van der Waals surface area contributed by atoms with Crippen LogP contribution in [0.15, 0.2) is 67.0 Å². The summed E-state index contributed by atoms with van der Waals surface area (Å²) in [5, 5.41) is 5.84. The van der Waals surface area contributed by atoms with Gasteiger partial charge in [-0.1, -0.05) is 36.4 Å². The first-order valence-electron chi connectivity index (χ1n) is 12.3. The molecular weight excluding hydrogens is 500 g/mol. The summed E-state index contributed by atoms with van der Waals surface area (Å²) in [4.78, 5) is 36.9. The van der Waals surface area contributed by atoms with Gasteiger partial charge in [0.2, 0.25) is 0 Å². The Balaban J connectivity index is 1.21. The van der Waals surface area contributed by atoms with Crippen molar-refractivity contribution in [2.75, 3.05) is 11.9 Å². The summed E-state index contributed by atoms with van der Waals surface area (Å²) in [5.74, 6) is -1.03. The molecule has 39 heavy (non-hydrogen) atoms. The Morgan fingerprint density at radius 3 is 2.77 bits per heavy atom. The highest BCUT2D eigenvalue weighted by Gasteiger charge is 2.24. The van der Waals surface area contributed by atoms with Gasteiger partial charge in [0.25, 0.3) is 5.91 Å². The number of nitrogens with zero attached hydrogens (tertiary/aromatic N) is 2. The van der Waals surface area contributed by atoms with Crippen molar-refractivity contribution in [2.24, 2.45) is 0 Å². The quantitative estimate of drug-likeness (QED) is 0.278. The molecule has 0 aliphatic heterocycles. The van der Waals surface area contributed by atoms with Gasteiger partial charge in [0.15, 0.2) is 17.4 Å². The Labute approximate surface area is 223 Å². The van der Waals surface area contributed by atoms with Gasteiger partial charge in [0.05, 0.1) is 17.5 Å². The van der Waals surface area contributed by atoms with Gasteiger partial charge in [-0.2, -0.15) is 0 Å². The number of hydrogen-bond acceptors (Lipinski definition) is 5. The summed E-state index contributed by atoms with van der Waals surface area (Å²) in [6.45, 7) is 2.31. The van der Waals surface area contributed by atoms with Crippen LogP contribution in [0.4, 0.5) is 14.6 Å². The van der Waals surface area contributed by atoms with Gasteiger partial charge in [-0.3, -0.25) is 9.59 Å². The molecule has 0 radical (unpaired) electrons. The van der Waals surface area contributed by atoms with Crippen molar-refractivity contribution in [3.8, 4) is 0 Å². The number of carbonyl (C=O) groups excluding carboxylic acids is 2. The second kappa shape index (κ2) is 11.2. The molecule has 1 aliphatic carbocycles. The van der Waals surface area contributed by atoms with Crippen molar-refractivity contribution in [1.82, 2.24) is 20.3 Å². The number of hydrogen-bond donors (Lipinski definition) is 3. The molecule has 196 valence electrons. The molecule has 0 bridgehead atoms. The number of anilines is 1. The van der Waals surface area contributed by atoms with Crippen molar-refractivity contribution in [3.63, 3.8) is 0 Å². The number of carbonyl (C=O) groups is 2. The standard InChI is InChI=1S/C30H25F2N5O2/c1-18-35-17-22(37-18)15-25-23-8-6-19(12-21(23)14-28(25)38)4-2-10-33-29-24(5-3-11-34-29)30(39)36-16-20-7-9-26(31)27(32)13-20/h2-9,11-13,15,17H,10,14,16H2,1H3,(H,33,34)(H,35,37)(H,36,39)/b4-2+,25-15-. The zero-order chi connectivity index (χ0) is 27.4. The molecule has 4 aromatic rings. The number of fused-ring (bicyclic) bond motifs is 1. The number of amides is 1. The molecule has 0 spiro atoms. The Bertz CT molecular complexity index is 1620. The summed E-state index contributed by atoms with van der Waals surface area (Å²) in [7, 11) is 0. The number of nitrogens with one attached hydrogen (secondary N) is 3. The molecule has 7 nitrogen and oxygen atoms in total. The van der Waals surface area contributed by atoms with Gasteiger partial charge >= 0.3 is 0 Å². The average molecular weight is 526 g/mol. The summed E-state index contributed by atoms with van der Waals surface area (Å²) < 4.78 is 26.6. The van der Waals surface area contributed by atoms with Crippen LogP contribution >= 0.6 is 0 Å². The van der Waals surface area contributed by atoms with E-state index in [1.54, 1.807) is 24.5 Å². The average Bonchev–Trinajstić information content (AvgIpc) is 3.48. The molecule has 2 aromatic heterocycles. The fraction of sp³-hybridized carbons (Fsp3) is 0.133.